The zero-order valence-electron chi connectivity index (χ0n) is 16.9. The molecule has 1 aliphatic heterocycles. The van der Waals surface area contributed by atoms with Gasteiger partial charge in [0.25, 0.3) is 17.7 Å². The highest BCUT2D eigenvalue weighted by molar-refractivity contribution is 6.40. The van der Waals surface area contributed by atoms with E-state index in [0.29, 0.717) is 22.6 Å². The number of carbonyl (C=O) groups is 3. The fourth-order valence-corrected chi connectivity index (χ4v) is 3.64. The molecule has 4 rings (SSSR count). The Morgan fingerprint density at radius 1 is 0.968 bits per heavy atom. The molecule has 0 aromatic heterocycles. The molecule has 3 aromatic rings. The first-order valence-electron chi connectivity index (χ1n) is 9.62. The lowest BCUT2D eigenvalue weighted by atomic mass is 10.1. The quantitative estimate of drug-likeness (QED) is 0.586. The molecule has 0 spiro atoms. The number of nitrogens with one attached hydrogen (secondary N) is 1. The maximum atomic E-state index is 12.7. The van der Waals surface area contributed by atoms with Crippen LogP contribution >= 0.6 is 11.6 Å². The molecule has 0 unspecified atom stereocenters. The molecule has 0 radical (unpaired) electrons. The number of carbonyl (C=O) groups excluding carboxylic acids is 3. The number of amides is 3. The number of aryl methyl sites for hydroxylation is 2. The maximum Gasteiger partial charge on any atom is 0.266 e. The molecule has 31 heavy (non-hydrogen) atoms. The summed E-state index contributed by atoms with van der Waals surface area (Å²) in [4.78, 5) is 38.6. The van der Waals surface area contributed by atoms with Crippen molar-refractivity contribution in [2.45, 2.75) is 13.8 Å². The number of nitrogens with zero attached hydrogens (tertiary/aromatic N) is 1. The molecule has 0 bridgehead atoms. The van der Waals surface area contributed by atoms with Crippen molar-refractivity contribution < 1.29 is 19.1 Å². The maximum absolute atomic E-state index is 12.7. The summed E-state index contributed by atoms with van der Waals surface area (Å²) < 4.78 is 5.61. The standard InChI is InChI=1S/C24H19ClN2O4/c1-14-7-8-15(2)21(11-14)31-13-22(28)26-16-9-10-20(19(25)12-16)27-23(29)17-5-3-4-6-18(17)24(27)30/h3-12H,13H2,1-2H3,(H,26,28). The zero-order valence-corrected chi connectivity index (χ0v) is 17.7. The Labute approximate surface area is 184 Å². The lowest BCUT2D eigenvalue weighted by Crippen LogP contribution is -2.29. The number of anilines is 2. The zero-order chi connectivity index (χ0) is 22.1. The summed E-state index contributed by atoms with van der Waals surface area (Å²) in [6.07, 6.45) is 0. The third-order valence-corrected chi connectivity index (χ3v) is 5.27. The van der Waals surface area contributed by atoms with Gasteiger partial charge in [0.2, 0.25) is 0 Å². The van der Waals surface area contributed by atoms with Crippen molar-refractivity contribution in [3.05, 3.63) is 87.9 Å². The van der Waals surface area contributed by atoms with Gasteiger partial charge in [0, 0.05) is 5.69 Å². The predicted molar refractivity (Wildman–Crippen MR) is 119 cm³/mol. The molecule has 0 saturated carbocycles. The molecule has 1 aliphatic rings. The molecule has 0 saturated heterocycles. The molecule has 0 atom stereocenters. The summed E-state index contributed by atoms with van der Waals surface area (Å²) in [6, 6.07) is 17.0. The molecule has 6 nitrogen and oxygen atoms in total. The summed E-state index contributed by atoms with van der Waals surface area (Å²) in [5.41, 5.74) is 3.34. The van der Waals surface area contributed by atoms with Gasteiger partial charge < -0.3 is 10.1 Å². The van der Waals surface area contributed by atoms with Gasteiger partial charge >= 0.3 is 0 Å². The highest BCUT2D eigenvalue weighted by Crippen LogP contribution is 2.34. The van der Waals surface area contributed by atoms with Crippen molar-refractivity contribution in [2.75, 3.05) is 16.8 Å². The van der Waals surface area contributed by atoms with Crippen LogP contribution in [0.2, 0.25) is 5.02 Å². The normalized spacial score (nSPS) is 12.7. The number of hydrogen-bond acceptors (Lipinski definition) is 4. The van der Waals surface area contributed by atoms with E-state index in [1.165, 1.54) is 12.1 Å². The highest BCUT2D eigenvalue weighted by atomic mass is 35.5. The molecule has 7 heteroatoms. The molecule has 0 fully saturated rings. The van der Waals surface area contributed by atoms with Crippen molar-refractivity contribution in [3.8, 4) is 5.75 Å². The van der Waals surface area contributed by atoms with Gasteiger partial charge in [-0.05, 0) is 61.4 Å². The summed E-state index contributed by atoms with van der Waals surface area (Å²) in [5.74, 6) is -0.568. The van der Waals surface area contributed by atoms with Crippen LogP contribution < -0.4 is 15.0 Å². The fourth-order valence-electron chi connectivity index (χ4n) is 3.38. The van der Waals surface area contributed by atoms with Crippen molar-refractivity contribution in [1.82, 2.24) is 0 Å². The van der Waals surface area contributed by atoms with Gasteiger partial charge in [-0.15, -0.1) is 0 Å². The minimum absolute atomic E-state index is 0.165. The molecule has 3 amide bonds. The molecule has 1 N–H and O–H groups in total. The summed E-state index contributed by atoms with van der Waals surface area (Å²) in [7, 11) is 0. The first kappa shape index (κ1) is 20.6. The van der Waals surface area contributed by atoms with Crippen LogP contribution in [0.4, 0.5) is 11.4 Å². The summed E-state index contributed by atoms with van der Waals surface area (Å²) in [5, 5.41) is 2.88. The van der Waals surface area contributed by atoms with E-state index in [4.69, 9.17) is 16.3 Å². The molecule has 0 aliphatic carbocycles. The largest absolute Gasteiger partial charge is 0.483 e. The number of ether oxygens (including phenoxy) is 1. The molecular formula is C24H19ClN2O4. The lowest BCUT2D eigenvalue weighted by Gasteiger charge is -2.17. The van der Waals surface area contributed by atoms with Crippen molar-refractivity contribution in [3.63, 3.8) is 0 Å². The Hall–Kier alpha value is -3.64. The third kappa shape index (κ3) is 4.02. The van der Waals surface area contributed by atoms with E-state index in [1.54, 1.807) is 30.3 Å². The number of fused-ring (bicyclic) bond motifs is 1. The van der Waals surface area contributed by atoms with E-state index in [2.05, 4.69) is 5.32 Å². The summed E-state index contributed by atoms with van der Waals surface area (Å²) >= 11 is 6.35. The number of hydrogen-bond donors (Lipinski definition) is 1. The number of rotatable bonds is 5. The minimum Gasteiger partial charge on any atom is -0.483 e. The minimum atomic E-state index is -0.429. The van der Waals surface area contributed by atoms with Crippen LogP contribution in [0, 0.1) is 13.8 Å². The predicted octanol–water partition coefficient (Wildman–Crippen LogP) is 4.77. The van der Waals surface area contributed by atoms with E-state index >= 15 is 0 Å². The monoisotopic (exact) mass is 434 g/mol. The van der Waals surface area contributed by atoms with E-state index < -0.39 is 11.8 Å². The third-order valence-electron chi connectivity index (χ3n) is 4.97. The van der Waals surface area contributed by atoms with Gasteiger partial charge in [0.1, 0.15) is 5.75 Å². The first-order chi connectivity index (χ1) is 14.8. The van der Waals surface area contributed by atoms with Crippen LogP contribution in [-0.4, -0.2) is 24.3 Å². The van der Waals surface area contributed by atoms with Crippen LogP contribution in [-0.2, 0) is 4.79 Å². The van der Waals surface area contributed by atoms with Crippen molar-refractivity contribution in [2.24, 2.45) is 0 Å². The van der Waals surface area contributed by atoms with Crippen LogP contribution in [0.25, 0.3) is 0 Å². The van der Waals surface area contributed by atoms with E-state index in [-0.39, 0.29) is 23.2 Å². The molecular weight excluding hydrogens is 416 g/mol. The molecule has 156 valence electrons. The fraction of sp³-hybridized carbons (Fsp3) is 0.125. The van der Waals surface area contributed by atoms with Crippen molar-refractivity contribution in [1.29, 1.82) is 0 Å². The molecule has 3 aromatic carbocycles. The first-order valence-corrected chi connectivity index (χ1v) is 10.00. The van der Waals surface area contributed by atoms with Gasteiger partial charge in [0.15, 0.2) is 6.61 Å². The van der Waals surface area contributed by atoms with Gasteiger partial charge in [-0.1, -0.05) is 35.9 Å². The topological polar surface area (TPSA) is 75.7 Å². The Morgan fingerprint density at radius 3 is 2.29 bits per heavy atom. The van der Waals surface area contributed by atoms with E-state index in [1.807, 2.05) is 32.0 Å². The van der Waals surface area contributed by atoms with Crippen LogP contribution in [0.15, 0.2) is 60.7 Å². The van der Waals surface area contributed by atoms with Gasteiger partial charge in [0.05, 0.1) is 21.8 Å². The second-order valence-electron chi connectivity index (χ2n) is 7.26. The van der Waals surface area contributed by atoms with Crippen LogP contribution in [0.3, 0.4) is 0 Å². The number of halogens is 1. The summed E-state index contributed by atoms with van der Waals surface area (Å²) in [6.45, 7) is 3.69. The Bertz CT molecular complexity index is 1190. The Balaban J connectivity index is 1.46. The SMILES string of the molecule is Cc1ccc(C)c(OCC(=O)Nc2ccc(N3C(=O)c4ccccc4C3=O)c(Cl)c2)c1. The lowest BCUT2D eigenvalue weighted by molar-refractivity contribution is -0.118. The molecule has 1 heterocycles. The smallest absolute Gasteiger partial charge is 0.266 e. The number of benzene rings is 3. The average molecular weight is 435 g/mol. The Morgan fingerprint density at radius 2 is 1.65 bits per heavy atom. The van der Waals surface area contributed by atoms with Crippen molar-refractivity contribution >= 4 is 40.7 Å². The average Bonchev–Trinajstić information content (AvgIpc) is 3.00. The number of imide groups is 1. The second kappa shape index (κ2) is 8.24. The van der Waals surface area contributed by atoms with Gasteiger partial charge in [-0.3, -0.25) is 14.4 Å². The van der Waals surface area contributed by atoms with E-state index in [9.17, 15) is 14.4 Å². The van der Waals surface area contributed by atoms with Gasteiger partial charge in [-0.2, -0.15) is 0 Å². The highest BCUT2D eigenvalue weighted by Gasteiger charge is 2.37. The van der Waals surface area contributed by atoms with Crippen LogP contribution in [0.1, 0.15) is 31.8 Å². The Kier molecular flexibility index (Phi) is 5.48. The second-order valence-corrected chi connectivity index (χ2v) is 7.67. The van der Waals surface area contributed by atoms with Gasteiger partial charge in [-0.25, -0.2) is 4.90 Å². The van der Waals surface area contributed by atoms with E-state index in [0.717, 1.165) is 16.0 Å². The van der Waals surface area contributed by atoms with Crippen LogP contribution in [0.5, 0.6) is 5.75 Å².